The molecule has 8 atom stereocenters. The lowest BCUT2D eigenvalue weighted by atomic mass is 9.46. The summed E-state index contributed by atoms with van der Waals surface area (Å²) in [5.41, 5.74) is 1.59. The Morgan fingerprint density at radius 2 is 1.48 bits per heavy atom. The van der Waals surface area contributed by atoms with Gasteiger partial charge in [-0.15, -0.1) is 0 Å². The number of rotatable bonds is 0. The molecule has 6 saturated carbocycles. The van der Waals surface area contributed by atoms with Crippen LogP contribution in [0, 0.1) is 52.3 Å². The first kappa shape index (κ1) is 14.2. The van der Waals surface area contributed by atoms with Gasteiger partial charge >= 0.3 is 0 Å². The Labute approximate surface area is 143 Å². The summed E-state index contributed by atoms with van der Waals surface area (Å²) in [6.07, 6.45) is 20.8. The standard InChI is InChI=1S/C23H36/c1-22-13-10-17-16-7-3-2-6-15(16)8-9-18(17)21(22)19-14-20(19)23(22)11-4-5-12-23/h15-21H,2-14H2,1H3/t15?,16?,17?,18?,19?,20?,21?,22-/m0/s1. The van der Waals surface area contributed by atoms with Gasteiger partial charge in [0.15, 0.2) is 0 Å². The summed E-state index contributed by atoms with van der Waals surface area (Å²) in [6, 6.07) is 0. The summed E-state index contributed by atoms with van der Waals surface area (Å²) in [5, 5.41) is 0. The van der Waals surface area contributed by atoms with Crippen LogP contribution in [0.4, 0.5) is 0 Å². The van der Waals surface area contributed by atoms with Crippen LogP contribution >= 0.6 is 0 Å². The summed E-state index contributed by atoms with van der Waals surface area (Å²) < 4.78 is 0. The molecule has 0 bridgehead atoms. The number of hydrogen-bond acceptors (Lipinski definition) is 0. The maximum absolute atomic E-state index is 2.80. The van der Waals surface area contributed by atoms with Gasteiger partial charge in [0.05, 0.1) is 0 Å². The third-order valence-electron chi connectivity index (χ3n) is 10.8. The van der Waals surface area contributed by atoms with Gasteiger partial charge in [0, 0.05) is 0 Å². The van der Waals surface area contributed by atoms with Gasteiger partial charge in [-0.05, 0) is 104 Å². The molecule has 0 nitrogen and oxygen atoms in total. The second-order valence-corrected chi connectivity index (χ2v) is 11.0. The van der Waals surface area contributed by atoms with Crippen LogP contribution in [-0.4, -0.2) is 0 Å². The molecule has 0 N–H and O–H groups in total. The maximum atomic E-state index is 2.80. The highest BCUT2D eigenvalue weighted by Gasteiger charge is 2.75. The number of fused-ring (bicyclic) bond motifs is 9. The molecule has 0 aromatic rings. The molecule has 0 aromatic heterocycles. The lowest BCUT2D eigenvalue weighted by Crippen LogP contribution is -2.52. The summed E-state index contributed by atoms with van der Waals surface area (Å²) in [6.45, 7) is 2.80. The van der Waals surface area contributed by atoms with Crippen LogP contribution in [0.5, 0.6) is 0 Å². The molecule has 0 saturated heterocycles. The molecule has 1 spiro atoms. The fourth-order valence-corrected chi connectivity index (χ4v) is 10.1. The van der Waals surface area contributed by atoms with Gasteiger partial charge in [-0.25, -0.2) is 0 Å². The first-order chi connectivity index (χ1) is 11.2. The van der Waals surface area contributed by atoms with Crippen LogP contribution in [0.1, 0.15) is 90.4 Å². The van der Waals surface area contributed by atoms with E-state index < -0.39 is 0 Å². The summed E-state index contributed by atoms with van der Waals surface area (Å²) in [5.74, 6) is 8.14. The van der Waals surface area contributed by atoms with Gasteiger partial charge in [-0.3, -0.25) is 0 Å². The fraction of sp³-hybridized carbons (Fsp3) is 1.00. The molecule has 0 amide bonds. The third-order valence-corrected chi connectivity index (χ3v) is 10.8. The Hall–Kier alpha value is 0. The second-order valence-electron chi connectivity index (χ2n) is 11.0. The van der Waals surface area contributed by atoms with E-state index in [9.17, 15) is 0 Å². The molecular weight excluding hydrogens is 276 g/mol. The Morgan fingerprint density at radius 3 is 2.35 bits per heavy atom. The molecule has 7 unspecified atom stereocenters. The van der Waals surface area contributed by atoms with Gasteiger partial charge in [-0.1, -0.05) is 39.0 Å². The van der Waals surface area contributed by atoms with Crippen LogP contribution in [0.25, 0.3) is 0 Å². The van der Waals surface area contributed by atoms with Crippen LogP contribution in [0.2, 0.25) is 0 Å². The van der Waals surface area contributed by atoms with Gasteiger partial charge < -0.3 is 0 Å². The van der Waals surface area contributed by atoms with Crippen LogP contribution < -0.4 is 0 Å². The molecule has 0 aliphatic heterocycles. The van der Waals surface area contributed by atoms with Crippen molar-refractivity contribution in [1.82, 2.24) is 0 Å². The average molecular weight is 313 g/mol. The van der Waals surface area contributed by atoms with Crippen molar-refractivity contribution in [3.05, 3.63) is 0 Å². The topological polar surface area (TPSA) is 0 Å². The van der Waals surface area contributed by atoms with E-state index in [0.717, 1.165) is 40.4 Å². The van der Waals surface area contributed by atoms with Crippen LogP contribution in [-0.2, 0) is 0 Å². The first-order valence-electron chi connectivity index (χ1n) is 11.2. The summed E-state index contributed by atoms with van der Waals surface area (Å²) in [7, 11) is 0. The summed E-state index contributed by atoms with van der Waals surface area (Å²) >= 11 is 0. The molecule has 0 heterocycles. The Bertz CT molecular complexity index is 500. The molecule has 6 aliphatic carbocycles. The Morgan fingerprint density at radius 1 is 0.652 bits per heavy atom. The lowest BCUT2D eigenvalue weighted by Gasteiger charge is -2.59. The van der Waals surface area contributed by atoms with E-state index in [-0.39, 0.29) is 0 Å². The molecule has 6 rings (SSSR count). The normalized spacial score (nSPS) is 59.1. The first-order valence-corrected chi connectivity index (χ1v) is 11.2. The van der Waals surface area contributed by atoms with Crippen molar-refractivity contribution in [2.45, 2.75) is 90.4 Å². The minimum Gasteiger partial charge on any atom is -0.0588 e. The lowest BCUT2D eigenvalue weighted by molar-refractivity contribution is -0.103. The monoisotopic (exact) mass is 312 g/mol. The molecule has 23 heavy (non-hydrogen) atoms. The van der Waals surface area contributed by atoms with Crippen molar-refractivity contribution in [1.29, 1.82) is 0 Å². The van der Waals surface area contributed by atoms with E-state index in [1.807, 2.05) is 0 Å². The number of hydrogen-bond donors (Lipinski definition) is 0. The Kier molecular flexibility index (Phi) is 2.83. The van der Waals surface area contributed by atoms with Gasteiger partial charge in [0.2, 0.25) is 0 Å². The van der Waals surface area contributed by atoms with Gasteiger partial charge in [0.1, 0.15) is 0 Å². The van der Waals surface area contributed by atoms with Crippen LogP contribution in [0.15, 0.2) is 0 Å². The average Bonchev–Trinajstić information content (AvgIpc) is 3.14. The molecule has 128 valence electrons. The minimum absolute atomic E-state index is 0.764. The third kappa shape index (κ3) is 1.61. The van der Waals surface area contributed by atoms with E-state index >= 15 is 0 Å². The molecule has 6 fully saturated rings. The van der Waals surface area contributed by atoms with Gasteiger partial charge in [-0.2, -0.15) is 0 Å². The zero-order valence-corrected chi connectivity index (χ0v) is 15.2. The minimum atomic E-state index is 0.764. The molecule has 6 aliphatic rings. The largest absolute Gasteiger partial charge is 0.0588 e. The van der Waals surface area contributed by atoms with Crippen LogP contribution in [0.3, 0.4) is 0 Å². The van der Waals surface area contributed by atoms with E-state index in [1.54, 1.807) is 83.5 Å². The molecular formula is C23H36. The van der Waals surface area contributed by atoms with Crippen molar-refractivity contribution >= 4 is 0 Å². The van der Waals surface area contributed by atoms with E-state index in [1.165, 1.54) is 11.8 Å². The van der Waals surface area contributed by atoms with E-state index in [2.05, 4.69) is 6.92 Å². The predicted molar refractivity (Wildman–Crippen MR) is 95.0 cm³/mol. The highest BCUT2D eigenvalue weighted by molar-refractivity contribution is 5.23. The SMILES string of the molecule is C[C@]12CCC3C4CCCCC4CCC3C1C1CC1C21CCCC1. The Balaban J connectivity index is 1.36. The zero-order chi connectivity index (χ0) is 15.2. The van der Waals surface area contributed by atoms with Crippen molar-refractivity contribution in [2.75, 3.05) is 0 Å². The predicted octanol–water partition coefficient (Wildman–Crippen LogP) is 6.45. The zero-order valence-electron chi connectivity index (χ0n) is 15.2. The van der Waals surface area contributed by atoms with Crippen molar-refractivity contribution in [3.63, 3.8) is 0 Å². The molecule has 0 heteroatoms. The van der Waals surface area contributed by atoms with E-state index in [4.69, 9.17) is 0 Å². The van der Waals surface area contributed by atoms with Crippen molar-refractivity contribution in [3.8, 4) is 0 Å². The quantitative estimate of drug-likeness (QED) is 0.482. The molecule has 0 radical (unpaired) electrons. The highest BCUT2D eigenvalue weighted by Crippen LogP contribution is 2.82. The molecule has 0 aromatic carbocycles. The fourth-order valence-electron chi connectivity index (χ4n) is 10.1. The maximum Gasteiger partial charge on any atom is -0.0210 e. The van der Waals surface area contributed by atoms with Crippen molar-refractivity contribution in [2.24, 2.45) is 52.3 Å². The van der Waals surface area contributed by atoms with Gasteiger partial charge in [0.25, 0.3) is 0 Å². The van der Waals surface area contributed by atoms with E-state index in [0.29, 0.717) is 0 Å². The smallest absolute Gasteiger partial charge is 0.0210 e. The van der Waals surface area contributed by atoms with Crippen molar-refractivity contribution < 1.29 is 0 Å². The summed E-state index contributed by atoms with van der Waals surface area (Å²) in [4.78, 5) is 0. The highest BCUT2D eigenvalue weighted by atomic mass is 14.8. The second kappa shape index (κ2) is 4.59.